The third-order valence-corrected chi connectivity index (χ3v) is 6.21. The fourth-order valence-electron chi connectivity index (χ4n) is 3.79. The summed E-state index contributed by atoms with van der Waals surface area (Å²) < 4.78 is 0.843. The lowest BCUT2D eigenvalue weighted by molar-refractivity contribution is -0.139. The molecule has 6 heteroatoms. The second-order valence-corrected chi connectivity index (χ2v) is 8.58. The van der Waals surface area contributed by atoms with Gasteiger partial charge in [-0.3, -0.25) is 9.59 Å². The molecule has 1 amide bonds. The summed E-state index contributed by atoms with van der Waals surface area (Å²) in [6.07, 6.45) is 0.577. The zero-order chi connectivity index (χ0) is 22.0. The maximum atomic E-state index is 13.0. The minimum absolute atomic E-state index is 0.0495. The Kier molecular flexibility index (Phi) is 6.25. The monoisotopic (exact) mass is 495 g/mol. The molecule has 3 aromatic carbocycles. The highest BCUT2D eigenvalue weighted by Crippen LogP contribution is 2.41. The van der Waals surface area contributed by atoms with Gasteiger partial charge in [-0.15, -0.1) is 0 Å². The Bertz CT molecular complexity index is 1160. The molecule has 4 rings (SSSR count). The fraction of sp³-hybridized carbons (Fsp3) is 0.120. The Balaban J connectivity index is 1.80. The molecule has 0 saturated carbocycles. The van der Waals surface area contributed by atoms with Crippen LogP contribution in [0.25, 0.3) is 5.76 Å². The van der Waals surface area contributed by atoms with E-state index in [2.05, 4.69) is 15.9 Å². The molecule has 3 aromatic rings. The number of rotatable bonds is 5. The van der Waals surface area contributed by atoms with Gasteiger partial charge in [0.1, 0.15) is 5.76 Å². The van der Waals surface area contributed by atoms with Crippen LogP contribution in [0.15, 0.2) is 88.9 Å². The van der Waals surface area contributed by atoms with Crippen molar-refractivity contribution in [2.24, 2.45) is 0 Å². The number of benzene rings is 3. The first kappa shape index (κ1) is 21.3. The summed E-state index contributed by atoms with van der Waals surface area (Å²) >= 11 is 9.82. The van der Waals surface area contributed by atoms with E-state index in [1.165, 1.54) is 4.90 Å². The number of amides is 1. The van der Waals surface area contributed by atoms with E-state index < -0.39 is 17.7 Å². The van der Waals surface area contributed by atoms with Crippen LogP contribution in [-0.2, 0) is 16.0 Å². The van der Waals surface area contributed by atoms with Gasteiger partial charge in [-0.25, -0.2) is 0 Å². The fourth-order valence-corrected chi connectivity index (χ4v) is 4.29. The summed E-state index contributed by atoms with van der Waals surface area (Å²) in [4.78, 5) is 27.5. The molecule has 0 aromatic heterocycles. The topological polar surface area (TPSA) is 57.6 Å². The van der Waals surface area contributed by atoms with E-state index in [0.29, 0.717) is 29.1 Å². The number of likely N-dealkylation sites (tertiary alicyclic amines) is 1. The highest BCUT2D eigenvalue weighted by atomic mass is 79.9. The summed E-state index contributed by atoms with van der Waals surface area (Å²) in [6, 6.07) is 23.0. The van der Waals surface area contributed by atoms with Crippen LogP contribution in [0, 0.1) is 0 Å². The minimum atomic E-state index is -0.763. The number of halogens is 2. The number of aliphatic hydroxyl groups excluding tert-OH is 1. The molecule has 1 atom stereocenters. The van der Waals surface area contributed by atoms with E-state index in [-0.39, 0.29) is 11.3 Å². The standard InChI is InChI=1S/C25H19BrClNO3/c26-18-12-10-17(11-13-18)23(29)21-22(19-8-4-5-9-20(19)27)28(25(31)24(21)30)15-14-16-6-2-1-3-7-16/h1-13,22,29H,14-15H2. The second-order valence-electron chi connectivity index (χ2n) is 7.26. The predicted octanol–water partition coefficient (Wildman–Crippen LogP) is 5.77. The quantitative estimate of drug-likeness (QED) is 0.277. The van der Waals surface area contributed by atoms with E-state index in [1.807, 2.05) is 30.3 Å². The summed E-state index contributed by atoms with van der Waals surface area (Å²) in [6.45, 7) is 0.321. The van der Waals surface area contributed by atoms with Crippen LogP contribution in [0.2, 0.25) is 5.02 Å². The zero-order valence-corrected chi connectivity index (χ0v) is 18.8. The molecule has 0 bridgehead atoms. The van der Waals surface area contributed by atoms with E-state index in [9.17, 15) is 14.7 Å². The van der Waals surface area contributed by atoms with Gasteiger partial charge < -0.3 is 10.0 Å². The maximum Gasteiger partial charge on any atom is 0.295 e. The molecule has 4 nitrogen and oxygen atoms in total. The predicted molar refractivity (Wildman–Crippen MR) is 125 cm³/mol. The first-order valence-electron chi connectivity index (χ1n) is 9.80. The van der Waals surface area contributed by atoms with Gasteiger partial charge in [0.25, 0.3) is 11.7 Å². The first-order chi connectivity index (χ1) is 15.0. The van der Waals surface area contributed by atoms with Crippen molar-refractivity contribution in [3.63, 3.8) is 0 Å². The highest BCUT2D eigenvalue weighted by molar-refractivity contribution is 9.10. The number of nitrogens with zero attached hydrogens (tertiary/aromatic N) is 1. The van der Waals surface area contributed by atoms with E-state index in [0.717, 1.165) is 10.0 Å². The molecule has 31 heavy (non-hydrogen) atoms. The Morgan fingerprint density at radius 1 is 0.935 bits per heavy atom. The van der Waals surface area contributed by atoms with Crippen LogP contribution in [0.3, 0.4) is 0 Å². The summed E-state index contributed by atoms with van der Waals surface area (Å²) in [5, 5.41) is 11.5. The van der Waals surface area contributed by atoms with Gasteiger partial charge in [0, 0.05) is 21.6 Å². The highest BCUT2D eigenvalue weighted by Gasteiger charge is 2.46. The van der Waals surface area contributed by atoms with Gasteiger partial charge in [-0.05, 0) is 35.7 Å². The number of carbonyl (C=O) groups excluding carboxylic acids is 2. The van der Waals surface area contributed by atoms with Crippen molar-refractivity contribution in [3.8, 4) is 0 Å². The normalized spacial score (nSPS) is 17.9. The van der Waals surface area contributed by atoms with Crippen molar-refractivity contribution in [1.29, 1.82) is 0 Å². The van der Waals surface area contributed by atoms with Gasteiger partial charge >= 0.3 is 0 Å². The van der Waals surface area contributed by atoms with Gasteiger partial charge in [-0.1, -0.05) is 88.2 Å². The lowest BCUT2D eigenvalue weighted by Crippen LogP contribution is -2.31. The molecule has 1 heterocycles. The van der Waals surface area contributed by atoms with E-state index >= 15 is 0 Å². The Labute approximate surface area is 193 Å². The molecule has 1 fully saturated rings. The largest absolute Gasteiger partial charge is 0.507 e. The van der Waals surface area contributed by atoms with Gasteiger partial charge in [0.2, 0.25) is 0 Å². The smallest absolute Gasteiger partial charge is 0.295 e. The molecule has 0 spiro atoms. The summed E-state index contributed by atoms with van der Waals surface area (Å²) in [5.41, 5.74) is 2.17. The second kappa shape index (κ2) is 9.08. The summed E-state index contributed by atoms with van der Waals surface area (Å²) in [5.74, 6) is -1.56. The molecular weight excluding hydrogens is 478 g/mol. The molecule has 1 N–H and O–H groups in total. The van der Waals surface area contributed by atoms with Crippen LogP contribution >= 0.6 is 27.5 Å². The Morgan fingerprint density at radius 3 is 2.26 bits per heavy atom. The number of hydrogen-bond donors (Lipinski definition) is 1. The molecule has 1 aliphatic rings. The van der Waals surface area contributed by atoms with Gasteiger partial charge in [0.05, 0.1) is 11.6 Å². The molecule has 1 aliphatic heterocycles. The number of Topliss-reactive ketones (excluding diaryl/α,β-unsaturated/α-hetero) is 1. The van der Waals surface area contributed by atoms with Crippen molar-refractivity contribution < 1.29 is 14.7 Å². The lowest BCUT2D eigenvalue weighted by Gasteiger charge is -2.26. The Hall–Kier alpha value is -2.89. The average molecular weight is 497 g/mol. The lowest BCUT2D eigenvalue weighted by atomic mass is 9.95. The zero-order valence-electron chi connectivity index (χ0n) is 16.5. The number of hydrogen-bond acceptors (Lipinski definition) is 3. The van der Waals surface area contributed by atoms with E-state index in [1.54, 1.807) is 48.5 Å². The van der Waals surface area contributed by atoms with Crippen LogP contribution in [-0.4, -0.2) is 28.2 Å². The number of aliphatic hydroxyl groups is 1. The number of ketones is 1. The summed E-state index contributed by atoms with van der Waals surface area (Å²) in [7, 11) is 0. The molecule has 156 valence electrons. The van der Waals surface area contributed by atoms with Crippen molar-refractivity contribution in [3.05, 3.63) is 111 Å². The minimum Gasteiger partial charge on any atom is -0.507 e. The third-order valence-electron chi connectivity index (χ3n) is 5.34. The number of carbonyl (C=O) groups is 2. The van der Waals surface area contributed by atoms with Crippen molar-refractivity contribution in [2.75, 3.05) is 6.54 Å². The van der Waals surface area contributed by atoms with Crippen LogP contribution in [0.5, 0.6) is 0 Å². The van der Waals surface area contributed by atoms with Crippen LogP contribution < -0.4 is 0 Å². The van der Waals surface area contributed by atoms with Gasteiger partial charge in [-0.2, -0.15) is 0 Å². The third kappa shape index (κ3) is 4.29. The molecule has 1 unspecified atom stereocenters. The molecular formula is C25H19BrClNO3. The molecule has 0 radical (unpaired) electrons. The Morgan fingerprint density at radius 2 is 1.58 bits per heavy atom. The van der Waals surface area contributed by atoms with Gasteiger partial charge in [0.15, 0.2) is 0 Å². The maximum absolute atomic E-state index is 13.0. The average Bonchev–Trinajstić information content (AvgIpc) is 3.03. The first-order valence-corrected chi connectivity index (χ1v) is 11.0. The molecule has 1 saturated heterocycles. The van der Waals surface area contributed by atoms with E-state index in [4.69, 9.17) is 11.6 Å². The van der Waals surface area contributed by atoms with Crippen molar-refractivity contribution in [2.45, 2.75) is 12.5 Å². The van der Waals surface area contributed by atoms with Crippen LogP contribution in [0.4, 0.5) is 0 Å². The van der Waals surface area contributed by atoms with Crippen LogP contribution in [0.1, 0.15) is 22.7 Å². The van der Waals surface area contributed by atoms with Crippen molar-refractivity contribution in [1.82, 2.24) is 4.90 Å². The van der Waals surface area contributed by atoms with Crippen molar-refractivity contribution >= 4 is 45.0 Å². The SMILES string of the molecule is O=C1C(=O)N(CCc2ccccc2)C(c2ccccc2Cl)C1=C(O)c1ccc(Br)cc1. The molecule has 0 aliphatic carbocycles.